The first-order chi connectivity index (χ1) is 15.5. The number of likely N-dealkylation sites (tertiary alicyclic amines) is 1. The summed E-state index contributed by atoms with van der Waals surface area (Å²) >= 11 is 0. The summed E-state index contributed by atoms with van der Waals surface area (Å²) in [5, 5.41) is 14.5. The van der Waals surface area contributed by atoms with Crippen LogP contribution in [0, 0.1) is 18.8 Å². The van der Waals surface area contributed by atoms with Gasteiger partial charge in [-0.05, 0) is 13.0 Å². The topological polar surface area (TPSA) is 122 Å². The SMILES string of the molecule is Cc1cc(CN2C[C@@H]3[C@@H](CNC(=O)c4cnccn4)CO[C@@H]3C2)n(C)n1.O=C(O)C(F)(F)F. The standard InChI is InChI=1S/C18H24N6O2.C2HF3O2/c1-12-5-14(23(2)22-12)8-24-9-15-13(11-26-17(15)10-24)6-21-18(25)16-7-19-3-4-20-16;3-2(4,5)1(6)7/h3-5,7,13,15,17H,6,8-11H2,1-2H3,(H,21,25);(H,6,7)/t13-,15+,17+;/m0./s1. The number of carboxylic acid groups (broad SMARTS) is 1. The number of amides is 1. The lowest BCUT2D eigenvalue weighted by atomic mass is 9.93. The van der Waals surface area contributed by atoms with Crippen molar-refractivity contribution in [2.24, 2.45) is 18.9 Å². The number of alkyl halides is 3. The highest BCUT2D eigenvalue weighted by Crippen LogP contribution is 2.34. The maximum absolute atomic E-state index is 12.2. The number of fused-ring (bicyclic) bond motifs is 1. The minimum absolute atomic E-state index is 0.179. The maximum atomic E-state index is 12.2. The van der Waals surface area contributed by atoms with Gasteiger partial charge in [-0.1, -0.05) is 0 Å². The number of aromatic nitrogens is 4. The molecule has 0 saturated carbocycles. The van der Waals surface area contributed by atoms with Crippen molar-refractivity contribution in [2.75, 3.05) is 26.2 Å². The molecule has 0 spiro atoms. The van der Waals surface area contributed by atoms with Crippen LogP contribution in [0.3, 0.4) is 0 Å². The zero-order chi connectivity index (χ0) is 24.2. The highest BCUT2D eigenvalue weighted by Gasteiger charge is 2.43. The molecular weight excluding hydrogens is 445 g/mol. The van der Waals surface area contributed by atoms with Crippen molar-refractivity contribution in [3.05, 3.63) is 41.7 Å². The van der Waals surface area contributed by atoms with Crippen LogP contribution in [-0.4, -0.2) is 80.2 Å². The largest absolute Gasteiger partial charge is 0.490 e. The highest BCUT2D eigenvalue weighted by atomic mass is 19.4. The minimum atomic E-state index is -5.08. The van der Waals surface area contributed by atoms with Gasteiger partial charge in [-0.25, -0.2) is 9.78 Å². The van der Waals surface area contributed by atoms with E-state index in [0.717, 1.165) is 25.3 Å². The summed E-state index contributed by atoms with van der Waals surface area (Å²) in [4.78, 5) is 31.5. The monoisotopic (exact) mass is 470 g/mol. The second-order valence-corrected chi connectivity index (χ2v) is 7.99. The Balaban J connectivity index is 0.000000383. The third-order valence-corrected chi connectivity index (χ3v) is 5.56. The molecule has 180 valence electrons. The fourth-order valence-corrected chi connectivity index (χ4v) is 3.99. The molecule has 2 saturated heterocycles. The van der Waals surface area contributed by atoms with E-state index in [2.05, 4.69) is 31.3 Å². The van der Waals surface area contributed by atoms with Gasteiger partial charge in [0.1, 0.15) is 5.69 Å². The number of carbonyl (C=O) groups is 2. The van der Waals surface area contributed by atoms with E-state index in [1.807, 2.05) is 18.7 Å². The first-order valence-electron chi connectivity index (χ1n) is 10.2. The molecule has 3 atom stereocenters. The molecule has 0 aromatic carbocycles. The number of aryl methyl sites for hydroxylation is 2. The van der Waals surface area contributed by atoms with E-state index in [4.69, 9.17) is 14.6 Å². The number of ether oxygens (including phenoxy) is 1. The van der Waals surface area contributed by atoms with E-state index < -0.39 is 12.1 Å². The van der Waals surface area contributed by atoms with Crippen LogP contribution in [0.15, 0.2) is 24.7 Å². The molecule has 1 amide bonds. The Kier molecular flexibility index (Phi) is 7.64. The Hall–Kier alpha value is -3.06. The Bertz CT molecular complexity index is 968. The Morgan fingerprint density at radius 1 is 1.30 bits per heavy atom. The zero-order valence-electron chi connectivity index (χ0n) is 18.1. The Morgan fingerprint density at radius 2 is 2.03 bits per heavy atom. The van der Waals surface area contributed by atoms with Gasteiger partial charge in [-0.15, -0.1) is 0 Å². The predicted octanol–water partition coefficient (Wildman–Crippen LogP) is 1.03. The highest BCUT2D eigenvalue weighted by molar-refractivity contribution is 5.91. The summed E-state index contributed by atoms with van der Waals surface area (Å²) < 4.78 is 39.7. The van der Waals surface area contributed by atoms with E-state index in [1.165, 1.54) is 18.1 Å². The molecule has 0 aliphatic carbocycles. The second kappa shape index (κ2) is 10.3. The van der Waals surface area contributed by atoms with Gasteiger partial charge in [0.2, 0.25) is 0 Å². The molecule has 2 aromatic rings. The van der Waals surface area contributed by atoms with Crippen molar-refractivity contribution in [1.29, 1.82) is 0 Å². The van der Waals surface area contributed by atoms with Crippen molar-refractivity contribution in [3.8, 4) is 0 Å². The number of carbonyl (C=O) groups excluding carboxylic acids is 1. The molecule has 0 bridgehead atoms. The minimum Gasteiger partial charge on any atom is -0.475 e. The van der Waals surface area contributed by atoms with Gasteiger partial charge in [0.25, 0.3) is 5.91 Å². The molecule has 0 unspecified atom stereocenters. The summed E-state index contributed by atoms with van der Waals surface area (Å²) in [6, 6.07) is 2.13. The van der Waals surface area contributed by atoms with Crippen LogP contribution in [-0.2, 0) is 23.1 Å². The molecule has 4 heterocycles. The molecule has 2 aliphatic rings. The molecule has 2 aliphatic heterocycles. The van der Waals surface area contributed by atoms with Crippen LogP contribution in [0.25, 0.3) is 0 Å². The van der Waals surface area contributed by atoms with Crippen molar-refractivity contribution in [2.45, 2.75) is 25.7 Å². The number of hydrogen-bond donors (Lipinski definition) is 2. The van der Waals surface area contributed by atoms with E-state index >= 15 is 0 Å². The number of carboxylic acids is 1. The van der Waals surface area contributed by atoms with Gasteiger partial charge >= 0.3 is 12.1 Å². The third-order valence-electron chi connectivity index (χ3n) is 5.56. The maximum Gasteiger partial charge on any atom is 0.490 e. The number of halogens is 3. The molecule has 0 radical (unpaired) electrons. The third kappa shape index (κ3) is 6.48. The van der Waals surface area contributed by atoms with Crippen LogP contribution >= 0.6 is 0 Å². The Morgan fingerprint density at radius 3 is 2.61 bits per heavy atom. The number of hydrogen-bond acceptors (Lipinski definition) is 7. The Labute approximate surface area is 187 Å². The van der Waals surface area contributed by atoms with E-state index in [0.29, 0.717) is 30.7 Å². The van der Waals surface area contributed by atoms with Crippen molar-refractivity contribution in [1.82, 2.24) is 30.0 Å². The van der Waals surface area contributed by atoms with Gasteiger partial charge in [-0.3, -0.25) is 19.4 Å². The van der Waals surface area contributed by atoms with Gasteiger partial charge in [0.05, 0.1) is 30.3 Å². The summed E-state index contributed by atoms with van der Waals surface area (Å²) in [6.45, 7) is 6.13. The summed E-state index contributed by atoms with van der Waals surface area (Å²) in [6.07, 6.45) is -0.263. The fourth-order valence-electron chi connectivity index (χ4n) is 3.99. The fraction of sp³-hybridized carbons (Fsp3) is 0.550. The predicted molar refractivity (Wildman–Crippen MR) is 108 cm³/mol. The van der Waals surface area contributed by atoms with Crippen LogP contribution in [0.4, 0.5) is 13.2 Å². The van der Waals surface area contributed by atoms with Gasteiger partial charge in [-0.2, -0.15) is 18.3 Å². The first-order valence-corrected chi connectivity index (χ1v) is 10.2. The number of aliphatic carboxylic acids is 1. The van der Waals surface area contributed by atoms with Crippen LogP contribution in [0.2, 0.25) is 0 Å². The number of nitrogens with zero attached hydrogens (tertiary/aromatic N) is 5. The van der Waals surface area contributed by atoms with E-state index in [1.54, 1.807) is 6.20 Å². The van der Waals surface area contributed by atoms with Crippen molar-refractivity contribution < 1.29 is 32.6 Å². The summed E-state index contributed by atoms with van der Waals surface area (Å²) in [5.74, 6) is -2.15. The smallest absolute Gasteiger partial charge is 0.475 e. The zero-order valence-corrected chi connectivity index (χ0v) is 18.1. The molecule has 4 rings (SSSR count). The van der Waals surface area contributed by atoms with Crippen molar-refractivity contribution in [3.63, 3.8) is 0 Å². The van der Waals surface area contributed by atoms with Crippen LogP contribution in [0.1, 0.15) is 21.9 Å². The molecule has 13 heteroatoms. The summed E-state index contributed by atoms with van der Waals surface area (Å²) in [5.41, 5.74) is 2.61. The normalized spacial score (nSPS) is 22.4. The molecule has 2 aromatic heterocycles. The quantitative estimate of drug-likeness (QED) is 0.665. The molecule has 33 heavy (non-hydrogen) atoms. The molecular formula is C20H25F3N6O4. The number of nitrogens with one attached hydrogen (secondary N) is 1. The molecule has 2 fully saturated rings. The average molecular weight is 470 g/mol. The van der Waals surface area contributed by atoms with Gasteiger partial charge in [0, 0.05) is 57.5 Å². The van der Waals surface area contributed by atoms with E-state index in [9.17, 15) is 18.0 Å². The lowest BCUT2D eigenvalue weighted by Crippen LogP contribution is -2.34. The van der Waals surface area contributed by atoms with Gasteiger partial charge < -0.3 is 15.2 Å². The summed E-state index contributed by atoms with van der Waals surface area (Å²) in [7, 11) is 1.99. The molecule has 2 N–H and O–H groups in total. The van der Waals surface area contributed by atoms with E-state index in [-0.39, 0.29) is 12.0 Å². The first kappa shape index (κ1) is 24.6. The number of rotatable bonds is 5. The van der Waals surface area contributed by atoms with Crippen LogP contribution in [0.5, 0.6) is 0 Å². The van der Waals surface area contributed by atoms with Gasteiger partial charge in [0.15, 0.2) is 0 Å². The van der Waals surface area contributed by atoms with Crippen LogP contribution < -0.4 is 5.32 Å². The van der Waals surface area contributed by atoms with Crippen molar-refractivity contribution >= 4 is 11.9 Å². The average Bonchev–Trinajstić information content (AvgIpc) is 3.41. The lowest BCUT2D eigenvalue weighted by molar-refractivity contribution is -0.192. The molecule has 10 nitrogen and oxygen atoms in total. The lowest BCUT2D eigenvalue weighted by Gasteiger charge is -2.19. The second-order valence-electron chi connectivity index (χ2n) is 7.99.